The Labute approximate surface area is 104 Å². The van der Waals surface area contributed by atoms with Gasteiger partial charge < -0.3 is 19.7 Å². The zero-order chi connectivity index (χ0) is 12.0. The van der Waals surface area contributed by atoms with Gasteiger partial charge in [-0.05, 0) is 12.8 Å². The molecule has 1 heterocycles. The van der Waals surface area contributed by atoms with Gasteiger partial charge in [-0.15, -0.1) is 0 Å². The maximum atomic E-state index is 9.96. The SMILES string of the molecule is Oc1cc2c(c(CC3(O)CC3)c1Cl)OCCO2. The third-order valence-electron chi connectivity index (χ3n) is 3.18. The lowest BCUT2D eigenvalue weighted by atomic mass is 10.0. The Morgan fingerprint density at radius 3 is 2.71 bits per heavy atom. The third-order valence-corrected chi connectivity index (χ3v) is 3.60. The lowest BCUT2D eigenvalue weighted by Crippen LogP contribution is -2.19. The van der Waals surface area contributed by atoms with Gasteiger partial charge in [-0.3, -0.25) is 0 Å². The van der Waals surface area contributed by atoms with E-state index in [1.54, 1.807) is 0 Å². The predicted octanol–water partition coefficient (Wildman–Crippen LogP) is 1.88. The second-order valence-electron chi connectivity index (χ2n) is 4.61. The highest BCUT2D eigenvalue weighted by molar-refractivity contribution is 6.33. The lowest BCUT2D eigenvalue weighted by molar-refractivity contribution is 0.143. The Morgan fingerprint density at radius 1 is 1.29 bits per heavy atom. The third kappa shape index (κ3) is 1.91. The van der Waals surface area contributed by atoms with Gasteiger partial charge in [-0.2, -0.15) is 0 Å². The standard InChI is InChI=1S/C12H13ClO4/c13-10-7(6-12(15)1-2-12)11-9(5-8(10)14)16-3-4-17-11/h5,14-15H,1-4,6H2. The number of hydrogen-bond donors (Lipinski definition) is 2. The van der Waals surface area contributed by atoms with Crippen molar-refractivity contribution in [2.45, 2.75) is 24.9 Å². The van der Waals surface area contributed by atoms with Gasteiger partial charge in [0.05, 0.1) is 10.6 Å². The van der Waals surface area contributed by atoms with Crippen LogP contribution < -0.4 is 9.47 Å². The fourth-order valence-electron chi connectivity index (χ4n) is 2.02. The van der Waals surface area contributed by atoms with E-state index in [2.05, 4.69) is 0 Å². The fraction of sp³-hybridized carbons (Fsp3) is 0.500. The number of rotatable bonds is 2. The topological polar surface area (TPSA) is 58.9 Å². The molecule has 5 heteroatoms. The average molecular weight is 257 g/mol. The number of aromatic hydroxyl groups is 1. The van der Waals surface area contributed by atoms with Crippen molar-refractivity contribution in [1.82, 2.24) is 0 Å². The van der Waals surface area contributed by atoms with Gasteiger partial charge in [0.1, 0.15) is 19.0 Å². The van der Waals surface area contributed by atoms with Crippen LogP contribution in [0.5, 0.6) is 17.2 Å². The summed E-state index contributed by atoms with van der Waals surface area (Å²) in [6.45, 7) is 0.914. The van der Waals surface area contributed by atoms with Crippen molar-refractivity contribution in [2.24, 2.45) is 0 Å². The van der Waals surface area contributed by atoms with Crippen LogP contribution in [-0.4, -0.2) is 29.0 Å². The molecule has 2 N–H and O–H groups in total. The molecule has 1 aromatic rings. The van der Waals surface area contributed by atoms with Crippen LogP contribution in [0.2, 0.25) is 5.02 Å². The number of aliphatic hydroxyl groups is 1. The molecule has 0 radical (unpaired) electrons. The molecule has 0 spiro atoms. The van der Waals surface area contributed by atoms with E-state index in [0.29, 0.717) is 36.7 Å². The molecule has 1 aromatic carbocycles. The number of phenolic OH excluding ortho intramolecular Hbond substituents is 1. The quantitative estimate of drug-likeness (QED) is 0.848. The van der Waals surface area contributed by atoms with Crippen molar-refractivity contribution >= 4 is 11.6 Å². The highest BCUT2D eigenvalue weighted by Gasteiger charge is 2.42. The first-order valence-corrected chi connectivity index (χ1v) is 5.99. The summed E-state index contributed by atoms with van der Waals surface area (Å²) in [5, 5.41) is 19.9. The van der Waals surface area contributed by atoms with E-state index in [-0.39, 0.29) is 10.8 Å². The van der Waals surface area contributed by atoms with Crippen molar-refractivity contribution in [3.63, 3.8) is 0 Å². The minimum absolute atomic E-state index is 0.0323. The number of fused-ring (bicyclic) bond motifs is 1. The fourth-order valence-corrected chi connectivity index (χ4v) is 2.23. The monoisotopic (exact) mass is 256 g/mol. The summed E-state index contributed by atoms with van der Waals surface area (Å²) in [6, 6.07) is 1.46. The molecule has 0 aromatic heterocycles. The van der Waals surface area contributed by atoms with Crippen molar-refractivity contribution in [3.05, 3.63) is 16.7 Å². The number of hydrogen-bond acceptors (Lipinski definition) is 4. The van der Waals surface area contributed by atoms with Gasteiger partial charge in [-0.25, -0.2) is 0 Å². The van der Waals surface area contributed by atoms with E-state index in [9.17, 15) is 10.2 Å². The largest absolute Gasteiger partial charge is 0.506 e. The Kier molecular flexibility index (Phi) is 2.38. The first-order valence-electron chi connectivity index (χ1n) is 5.61. The molecule has 0 bridgehead atoms. The van der Waals surface area contributed by atoms with Crippen LogP contribution in [0.4, 0.5) is 0 Å². The average Bonchev–Trinajstić information content (AvgIpc) is 3.03. The summed E-state index contributed by atoms with van der Waals surface area (Å²) in [5.41, 5.74) is -0.0483. The van der Waals surface area contributed by atoms with E-state index in [1.807, 2.05) is 0 Å². The summed E-state index contributed by atoms with van der Waals surface area (Å²) >= 11 is 6.07. The Hall–Kier alpha value is -1.13. The molecule has 1 aliphatic heterocycles. The summed E-state index contributed by atoms with van der Waals surface area (Å²) in [6.07, 6.45) is 1.91. The summed E-state index contributed by atoms with van der Waals surface area (Å²) < 4.78 is 10.9. The number of benzene rings is 1. The van der Waals surface area contributed by atoms with Crippen LogP contribution in [-0.2, 0) is 6.42 Å². The number of phenols is 1. The Bertz CT molecular complexity index is 468. The predicted molar refractivity (Wildman–Crippen MR) is 62.0 cm³/mol. The van der Waals surface area contributed by atoms with Crippen molar-refractivity contribution in [2.75, 3.05) is 13.2 Å². The van der Waals surface area contributed by atoms with E-state index >= 15 is 0 Å². The minimum atomic E-state index is -0.688. The molecule has 0 atom stereocenters. The van der Waals surface area contributed by atoms with E-state index in [4.69, 9.17) is 21.1 Å². The Morgan fingerprint density at radius 2 is 2.00 bits per heavy atom. The van der Waals surface area contributed by atoms with Crippen LogP contribution in [0.1, 0.15) is 18.4 Å². The zero-order valence-electron chi connectivity index (χ0n) is 9.20. The van der Waals surface area contributed by atoms with Gasteiger partial charge in [0, 0.05) is 18.1 Å². The zero-order valence-corrected chi connectivity index (χ0v) is 9.96. The number of halogens is 1. The first kappa shape index (κ1) is 11.0. The van der Waals surface area contributed by atoms with Crippen LogP contribution >= 0.6 is 11.6 Å². The highest BCUT2D eigenvalue weighted by Crippen LogP contribution is 2.48. The maximum Gasteiger partial charge on any atom is 0.166 e. The van der Waals surface area contributed by atoms with Crippen molar-refractivity contribution in [3.8, 4) is 17.2 Å². The van der Waals surface area contributed by atoms with Gasteiger partial charge in [-0.1, -0.05) is 11.6 Å². The van der Waals surface area contributed by atoms with E-state index in [0.717, 1.165) is 12.8 Å². The molecule has 2 aliphatic rings. The van der Waals surface area contributed by atoms with E-state index in [1.165, 1.54) is 6.07 Å². The van der Waals surface area contributed by atoms with Gasteiger partial charge in [0.2, 0.25) is 0 Å². The molecule has 4 nitrogen and oxygen atoms in total. The van der Waals surface area contributed by atoms with Gasteiger partial charge >= 0.3 is 0 Å². The molecule has 1 fully saturated rings. The number of ether oxygens (including phenoxy) is 2. The maximum absolute atomic E-state index is 9.96. The smallest absolute Gasteiger partial charge is 0.166 e. The second kappa shape index (κ2) is 3.68. The minimum Gasteiger partial charge on any atom is -0.506 e. The normalized spacial score (nSPS) is 20.1. The molecule has 1 saturated carbocycles. The summed E-state index contributed by atoms with van der Waals surface area (Å²) in [7, 11) is 0. The van der Waals surface area contributed by atoms with Gasteiger partial charge in [0.15, 0.2) is 11.5 Å². The molecule has 92 valence electrons. The highest BCUT2D eigenvalue weighted by atomic mass is 35.5. The molecule has 1 aliphatic carbocycles. The van der Waals surface area contributed by atoms with Crippen LogP contribution in [0.3, 0.4) is 0 Å². The molecule has 3 rings (SSSR count). The van der Waals surface area contributed by atoms with E-state index < -0.39 is 5.60 Å². The van der Waals surface area contributed by atoms with Crippen molar-refractivity contribution < 1.29 is 19.7 Å². The molecule has 0 amide bonds. The molecule has 17 heavy (non-hydrogen) atoms. The first-order chi connectivity index (χ1) is 8.09. The van der Waals surface area contributed by atoms with Crippen LogP contribution in [0.15, 0.2) is 6.07 Å². The lowest BCUT2D eigenvalue weighted by Gasteiger charge is -2.23. The van der Waals surface area contributed by atoms with Crippen LogP contribution in [0, 0.1) is 0 Å². The second-order valence-corrected chi connectivity index (χ2v) is 4.99. The molecule has 0 saturated heterocycles. The molecular weight excluding hydrogens is 244 g/mol. The van der Waals surface area contributed by atoms with Gasteiger partial charge in [0.25, 0.3) is 0 Å². The van der Waals surface area contributed by atoms with Crippen LogP contribution in [0.25, 0.3) is 0 Å². The summed E-state index contributed by atoms with van der Waals surface area (Å²) in [5.74, 6) is 1.02. The Balaban J connectivity index is 2.06. The molecule has 0 unspecified atom stereocenters. The molecular formula is C12H13ClO4. The van der Waals surface area contributed by atoms with Crippen molar-refractivity contribution in [1.29, 1.82) is 0 Å². The summed E-state index contributed by atoms with van der Waals surface area (Å²) in [4.78, 5) is 0.